The van der Waals surface area contributed by atoms with Gasteiger partial charge in [0.15, 0.2) is 0 Å². The maximum absolute atomic E-state index is 12.8. The molecule has 10 nitrogen and oxygen atoms in total. The van der Waals surface area contributed by atoms with Crippen molar-refractivity contribution in [2.45, 2.75) is 51.2 Å². The fourth-order valence-corrected chi connectivity index (χ4v) is 4.08. The first-order chi connectivity index (χ1) is 16.7. The number of aromatic amines is 1. The van der Waals surface area contributed by atoms with E-state index in [9.17, 15) is 24.3 Å². The minimum atomic E-state index is -1.13. The van der Waals surface area contributed by atoms with Crippen LogP contribution in [0.4, 0.5) is 0 Å². The predicted octanol–water partition coefficient (Wildman–Crippen LogP) is 1.01. The third kappa shape index (κ3) is 8.29. The first-order valence-electron chi connectivity index (χ1n) is 11.6. The number of hydrogen-bond donors (Lipinski definition) is 6. The van der Waals surface area contributed by atoms with Crippen LogP contribution < -0.4 is 21.7 Å². The van der Waals surface area contributed by atoms with E-state index in [2.05, 4.69) is 20.9 Å². The highest BCUT2D eigenvalue weighted by Gasteiger charge is 2.29. The number of carboxylic acids is 1. The van der Waals surface area contributed by atoms with Gasteiger partial charge in [0.05, 0.1) is 12.6 Å². The standard InChI is InChI=1S/C24H35N5O5S/c1-4-14(2)21(23(32)28-19(24(33)34)9-10-35-3)29-20(30)13-27-22(31)17(25)11-15-12-26-18-8-6-5-7-16(15)18/h5-8,12,14,17,19,21,26H,4,9-11,13,25H2,1-3H3,(H,27,31)(H,28,32)(H,29,30)(H,33,34). The molecule has 0 aliphatic rings. The zero-order valence-electron chi connectivity index (χ0n) is 20.3. The molecule has 0 saturated heterocycles. The number of aromatic nitrogens is 1. The molecular formula is C24H35N5O5S. The molecule has 0 radical (unpaired) electrons. The number of carboxylic acid groups (broad SMARTS) is 1. The number of amides is 3. The topological polar surface area (TPSA) is 166 Å². The summed E-state index contributed by atoms with van der Waals surface area (Å²) in [6.45, 7) is 3.30. The van der Waals surface area contributed by atoms with Crippen LogP contribution >= 0.6 is 11.8 Å². The molecule has 11 heteroatoms. The smallest absolute Gasteiger partial charge is 0.326 e. The summed E-state index contributed by atoms with van der Waals surface area (Å²) in [5, 5.41) is 18.0. The highest BCUT2D eigenvalue weighted by Crippen LogP contribution is 2.18. The number of nitrogens with two attached hydrogens (primary N) is 1. The van der Waals surface area contributed by atoms with Gasteiger partial charge < -0.3 is 31.8 Å². The molecule has 2 rings (SSSR count). The first kappa shape index (κ1) is 28.2. The van der Waals surface area contributed by atoms with Crippen molar-refractivity contribution in [3.05, 3.63) is 36.0 Å². The summed E-state index contributed by atoms with van der Waals surface area (Å²) in [6.07, 6.45) is 4.81. The van der Waals surface area contributed by atoms with Gasteiger partial charge in [-0.25, -0.2) is 4.79 Å². The van der Waals surface area contributed by atoms with Gasteiger partial charge >= 0.3 is 5.97 Å². The number of rotatable bonds is 14. The molecule has 0 fully saturated rings. The van der Waals surface area contributed by atoms with Gasteiger partial charge in [-0.1, -0.05) is 38.5 Å². The van der Waals surface area contributed by atoms with Gasteiger partial charge in [-0.3, -0.25) is 14.4 Å². The van der Waals surface area contributed by atoms with Crippen molar-refractivity contribution in [2.75, 3.05) is 18.6 Å². The molecule has 7 N–H and O–H groups in total. The number of fused-ring (bicyclic) bond motifs is 1. The first-order valence-corrected chi connectivity index (χ1v) is 13.0. The van der Waals surface area contributed by atoms with Crippen molar-refractivity contribution in [2.24, 2.45) is 11.7 Å². The van der Waals surface area contributed by atoms with Crippen molar-refractivity contribution in [1.29, 1.82) is 0 Å². The van der Waals surface area contributed by atoms with Crippen molar-refractivity contribution >= 4 is 46.4 Å². The maximum atomic E-state index is 12.8. The zero-order chi connectivity index (χ0) is 26.0. The molecule has 0 bridgehead atoms. The molecule has 0 spiro atoms. The zero-order valence-corrected chi connectivity index (χ0v) is 21.1. The normalized spacial score (nSPS) is 14.5. The summed E-state index contributed by atoms with van der Waals surface area (Å²) in [5.74, 6) is -2.41. The number of para-hydroxylation sites is 1. The third-order valence-corrected chi connectivity index (χ3v) is 6.56. The van der Waals surface area contributed by atoms with Gasteiger partial charge in [-0.15, -0.1) is 0 Å². The molecule has 1 aromatic carbocycles. The molecule has 1 aromatic heterocycles. The second kappa shape index (κ2) is 13.7. The minimum Gasteiger partial charge on any atom is -0.480 e. The Hall–Kier alpha value is -3.05. The molecule has 1 heterocycles. The molecule has 2 aromatic rings. The van der Waals surface area contributed by atoms with Crippen LogP contribution in [0, 0.1) is 5.92 Å². The summed E-state index contributed by atoms with van der Waals surface area (Å²) < 4.78 is 0. The van der Waals surface area contributed by atoms with Crippen LogP contribution in [0.25, 0.3) is 10.9 Å². The van der Waals surface area contributed by atoms with Crippen LogP contribution in [-0.4, -0.2) is 70.5 Å². The number of hydrogen-bond acceptors (Lipinski definition) is 6. The summed E-state index contributed by atoms with van der Waals surface area (Å²) in [7, 11) is 0. The summed E-state index contributed by atoms with van der Waals surface area (Å²) >= 11 is 1.48. The van der Waals surface area contributed by atoms with E-state index in [0.29, 0.717) is 18.6 Å². The summed E-state index contributed by atoms with van der Waals surface area (Å²) in [5.41, 5.74) is 7.89. The van der Waals surface area contributed by atoms with Crippen molar-refractivity contribution < 1.29 is 24.3 Å². The Morgan fingerprint density at radius 2 is 1.86 bits per heavy atom. The van der Waals surface area contributed by atoms with E-state index in [1.165, 1.54) is 11.8 Å². The number of thioether (sulfide) groups is 1. The number of benzene rings is 1. The molecule has 3 amide bonds. The summed E-state index contributed by atoms with van der Waals surface area (Å²) in [4.78, 5) is 52.4. The van der Waals surface area contributed by atoms with Crippen LogP contribution in [0.5, 0.6) is 0 Å². The predicted molar refractivity (Wildman–Crippen MR) is 137 cm³/mol. The molecule has 192 valence electrons. The lowest BCUT2D eigenvalue weighted by Crippen LogP contribution is -2.56. The number of carbonyl (C=O) groups is 4. The Kier molecular flexibility index (Phi) is 11.1. The number of nitrogens with one attached hydrogen (secondary N) is 4. The second-order valence-corrected chi connectivity index (χ2v) is 9.49. The molecule has 35 heavy (non-hydrogen) atoms. The van der Waals surface area contributed by atoms with Crippen LogP contribution in [-0.2, 0) is 25.6 Å². The Morgan fingerprint density at radius 1 is 1.14 bits per heavy atom. The highest BCUT2D eigenvalue weighted by molar-refractivity contribution is 7.98. The fourth-order valence-electron chi connectivity index (χ4n) is 3.61. The Morgan fingerprint density at radius 3 is 2.51 bits per heavy atom. The monoisotopic (exact) mass is 505 g/mol. The van der Waals surface area contributed by atoms with Crippen LogP contribution in [0.1, 0.15) is 32.3 Å². The fraction of sp³-hybridized carbons (Fsp3) is 0.500. The van der Waals surface area contributed by atoms with Gasteiger partial charge in [-0.2, -0.15) is 11.8 Å². The molecule has 0 saturated carbocycles. The van der Waals surface area contributed by atoms with Gasteiger partial charge in [0, 0.05) is 17.1 Å². The van der Waals surface area contributed by atoms with E-state index in [4.69, 9.17) is 5.73 Å². The third-order valence-electron chi connectivity index (χ3n) is 5.91. The Labute approximate surface area is 209 Å². The Balaban J connectivity index is 1.92. The lowest BCUT2D eigenvalue weighted by Gasteiger charge is -2.25. The average molecular weight is 506 g/mol. The quantitative estimate of drug-likeness (QED) is 0.223. The van der Waals surface area contributed by atoms with Crippen molar-refractivity contribution in [1.82, 2.24) is 20.9 Å². The Bertz CT molecular complexity index is 1030. The van der Waals surface area contributed by atoms with Crippen LogP contribution in [0.15, 0.2) is 30.5 Å². The lowest BCUT2D eigenvalue weighted by atomic mass is 9.97. The average Bonchev–Trinajstić information content (AvgIpc) is 3.25. The number of aliphatic carboxylic acids is 1. The van der Waals surface area contributed by atoms with Gasteiger partial charge in [0.25, 0.3) is 0 Å². The number of H-pyrrole nitrogens is 1. The molecule has 0 aliphatic carbocycles. The summed E-state index contributed by atoms with van der Waals surface area (Å²) in [6, 6.07) is 4.85. The van der Waals surface area contributed by atoms with E-state index in [0.717, 1.165) is 16.5 Å². The van der Waals surface area contributed by atoms with Crippen LogP contribution in [0.3, 0.4) is 0 Å². The molecule has 4 atom stereocenters. The van der Waals surface area contributed by atoms with Crippen molar-refractivity contribution in [3.63, 3.8) is 0 Å². The lowest BCUT2D eigenvalue weighted by molar-refractivity contribution is -0.142. The van der Waals surface area contributed by atoms with E-state index in [1.807, 2.05) is 43.6 Å². The van der Waals surface area contributed by atoms with Gasteiger partial charge in [0.1, 0.15) is 12.1 Å². The SMILES string of the molecule is CCC(C)C(NC(=O)CNC(=O)C(N)Cc1c[nH]c2ccccc12)C(=O)NC(CCSC)C(=O)O. The van der Waals surface area contributed by atoms with Crippen LogP contribution in [0.2, 0.25) is 0 Å². The largest absolute Gasteiger partial charge is 0.480 e. The minimum absolute atomic E-state index is 0.242. The van der Waals surface area contributed by atoms with E-state index in [-0.39, 0.29) is 18.9 Å². The van der Waals surface area contributed by atoms with E-state index < -0.39 is 41.8 Å². The van der Waals surface area contributed by atoms with E-state index >= 15 is 0 Å². The maximum Gasteiger partial charge on any atom is 0.326 e. The second-order valence-electron chi connectivity index (χ2n) is 8.50. The molecule has 4 unspecified atom stereocenters. The molecule has 0 aliphatic heterocycles. The number of carbonyl (C=O) groups excluding carboxylic acids is 3. The molecular weight excluding hydrogens is 470 g/mol. The van der Waals surface area contributed by atoms with Gasteiger partial charge in [-0.05, 0) is 42.4 Å². The van der Waals surface area contributed by atoms with Gasteiger partial charge in [0.2, 0.25) is 17.7 Å². The highest BCUT2D eigenvalue weighted by atomic mass is 32.2. The van der Waals surface area contributed by atoms with Crippen molar-refractivity contribution in [3.8, 4) is 0 Å². The van der Waals surface area contributed by atoms with E-state index in [1.54, 1.807) is 6.92 Å².